The molecule has 5 nitrogen and oxygen atoms in total. The molecule has 1 amide bonds. The lowest BCUT2D eigenvalue weighted by Crippen LogP contribution is -2.46. The molecule has 0 aliphatic carbocycles. The molecule has 1 rings (SSSR count). The third kappa shape index (κ3) is 5.37. The summed E-state index contributed by atoms with van der Waals surface area (Å²) in [6.07, 6.45) is 0.554. The van der Waals surface area contributed by atoms with E-state index in [1.807, 2.05) is 20.8 Å². The van der Waals surface area contributed by atoms with E-state index < -0.39 is 17.8 Å². The van der Waals surface area contributed by atoms with Crippen LogP contribution in [0.2, 0.25) is 0 Å². The highest BCUT2D eigenvalue weighted by atomic mass is 16.6. The van der Waals surface area contributed by atoms with Crippen LogP contribution in [0, 0.1) is 0 Å². The van der Waals surface area contributed by atoms with E-state index in [1.54, 1.807) is 6.92 Å². The van der Waals surface area contributed by atoms with Crippen LogP contribution in [0.4, 0.5) is 4.79 Å². The zero-order chi connectivity index (χ0) is 13.1. The van der Waals surface area contributed by atoms with Crippen molar-refractivity contribution in [2.45, 2.75) is 64.4 Å². The van der Waals surface area contributed by atoms with Crippen molar-refractivity contribution in [1.29, 1.82) is 0 Å². The van der Waals surface area contributed by atoms with Gasteiger partial charge in [0.1, 0.15) is 5.60 Å². The minimum atomic E-state index is -0.484. The second kappa shape index (κ2) is 5.69. The first-order chi connectivity index (χ1) is 7.78. The van der Waals surface area contributed by atoms with Gasteiger partial charge in [-0.05, 0) is 40.5 Å². The molecular weight excluding hydrogens is 222 g/mol. The maximum absolute atomic E-state index is 11.5. The third-order valence-electron chi connectivity index (χ3n) is 2.57. The fourth-order valence-corrected chi connectivity index (χ4v) is 1.74. The van der Waals surface area contributed by atoms with Crippen LogP contribution < -0.4 is 5.32 Å². The van der Waals surface area contributed by atoms with Crippen molar-refractivity contribution in [2.24, 2.45) is 0 Å². The zero-order valence-corrected chi connectivity index (χ0v) is 11.0. The Morgan fingerprint density at radius 2 is 2.12 bits per heavy atom. The van der Waals surface area contributed by atoms with Gasteiger partial charge in [0, 0.05) is 0 Å². The number of rotatable bonds is 2. The van der Waals surface area contributed by atoms with Gasteiger partial charge in [-0.2, -0.15) is 0 Å². The molecule has 0 aromatic carbocycles. The van der Waals surface area contributed by atoms with E-state index >= 15 is 0 Å². The second-order valence-corrected chi connectivity index (χ2v) is 5.53. The summed E-state index contributed by atoms with van der Waals surface area (Å²) in [5.41, 5.74) is -0.484. The molecule has 1 aliphatic heterocycles. The number of carbonyl (C=O) groups is 1. The van der Waals surface area contributed by atoms with Crippen LogP contribution in [0.5, 0.6) is 0 Å². The highest BCUT2D eigenvalue weighted by Crippen LogP contribution is 2.17. The Labute approximate surface area is 102 Å². The molecule has 0 unspecified atom stereocenters. The molecule has 0 bridgehead atoms. The number of aliphatic hydroxyl groups is 1. The number of hydrogen-bond acceptors (Lipinski definition) is 4. The van der Waals surface area contributed by atoms with Crippen LogP contribution in [0.15, 0.2) is 0 Å². The summed E-state index contributed by atoms with van der Waals surface area (Å²) in [5, 5.41) is 12.1. The van der Waals surface area contributed by atoms with Gasteiger partial charge in [0.15, 0.2) is 0 Å². The number of carbonyl (C=O) groups excluding carboxylic acids is 1. The van der Waals surface area contributed by atoms with Crippen LogP contribution in [0.1, 0.15) is 40.5 Å². The number of aliphatic hydroxyl groups excluding tert-OH is 1. The Balaban J connectivity index is 2.29. The molecule has 1 aliphatic rings. The van der Waals surface area contributed by atoms with Gasteiger partial charge in [0.05, 0.1) is 24.9 Å². The van der Waals surface area contributed by atoms with Crippen LogP contribution in [-0.2, 0) is 9.47 Å². The van der Waals surface area contributed by atoms with E-state index in [1.165, 1.54) is 0 Å². The maximum atomic E-state index is 11.5. The van der Waals surface area contributed by atoms with Crippen molar-refractivity contribution < 1.29 is 19.4 Å². The fourth-order valence-electron chi connectivity index (χ4n) is 1.74. The van der Waals surface area contributed by atoms with E-state index in [9.17, 15) is 9.90 Å². The van der Waals surface area contributed by atoms with Crippen LogP contribution in [0.3, 0.4) is 0 Å². The molecule has 3 atom stereocenters. The molecule has 17 heavy (non-hydrogen) atoms. The van der Waals surface area contributed by atoms with Gasteiger partial charge in [0.25, 0.3) is 0 Å². The minimum Gasteiger partial charge on any atom is -0.444 e. The fraction of sp³-hybridized carbons (Fsp3) is 0.917. The topological polar surface area (TPSA) is 67.8 Å². The summed E-state index contributed by atoms with van der Waals surface area (Å²) in [7, 11) is 0. The molecule has 1 heterocycles. The summed E-state index contributed by atoms with van der Waals surface area (Å²) in [4.78, 5) is 11.5. The third-order valence-corrected chi connectivity index (χ3v) is 2.57. The highest BCUT2D eigenvalue weighted by molar-refractivity contribution is 5.68. The molecule has 0 saturated carbocycles. The smallest absolute Gasteiger partial charge is 0.407 e. The zero-order valence-electron chi connectivity index (χ0n) is 11.0. The molecule has 0 radical (unpaired) electrons. The average Bonchev–Trinajstić information content (AvgIpc) is 2.15. The summed E-state index contributed by atoms with van der Waals surface area (Å²) in [6, 6.07) is -0.0279. The van der Waals surface area contributed by atoms with E-state index in [0.717, 1.165) is 12.8 Å². The molecule has 100 valence electrons. The first-order valence-corrected chi connectivity index (χ1v) is 6.07. The maximum Gasteiger partial charge on any atom is 0.407 e. The largest absolute Gasteiger partial charge is 0.444 e. The monoisotopic (exact) mass is 245 g/mol. The Hall–Kier alpha value is -0.810. The lowest BCUT2D eigenvalue weighted by molar-refractivity contribution is -0.0660. The number of ether oxygens (including phenoxy) is 2. The van der Waals surface area contributed by atoms with Gasteiger partial charge in [-0.3, -0.25) is 0 Å². The normalized spacial score (nSPS) is 27.4. The molecular formula is C12H23NO4. The van der Waals surface area contributed by atoms with E-state index in [4.69, 9.17) is 9.47 Å². The summed E-state index contributed by atoms with van der Waals surface area (Å²) in [6.45, 7) is 7.62. The van der Waals surface area contributed by atoms with Crippen molar-refractivity contribution in [3.63, 3.8) is 0 Å². The van der Waals surface area contributed by atoms with E-state index in [2.05, 4.69) is 5.32 Å². The standard InChI is InChI=1S/C12H23NO4/c1-8(14)10-6-5-9(7-16-10)13-11(15)17-12(2,3)4/h8-10,14H,5-7H2,1-4H3,(H,13,15)/t8-,9-,10+/m1/s1. The van der Waals surface area contributed by atoms with Crippen molar-refractivity contribution in [3.8, 4) is 0 Å². The Bertz CT molecular complexity index is 252. The van der Waals surface area contributed by atoms with Gasteiger partial charge < -0.3 is 19.9 Å². The lowest BCUT2D eigenvalue weighted by Gasteiger charge is -2.31. The molecule has 0 aromatic rings. The van der Waals surface area contributed by atoms with Gasteiger partial charge in [-0.25, -0.2) is 4.79 Å². The summed E-state index contributed by atoms with van der Waals surface area (Å²) < 4.78 is 10.6. The summed E-state index contributed by atoms with van der Waals surface area (Å²) in [5.74, 6) is 0. The SMILES string of the molecule is C[C@@H](O)[C@@H]1CC[C@@H](NC(=O)OC(C)(C)C)CO1. The van der Waals surface area contributed by atoms with Crippen molar-refractivity contribution in [1.82, 2.24) is 5.32 Å². The van der Waals surface area contributed by atoms with Crippen molar-refractivity contribution >= 4 is 6.09 Å². The number of amides is 1. The Morgan fingerprint density at radius 3 is 2.53 bits per heavy atom. The molecule has 1 saturated heterocycles. The molecule has 5 heteroatoms. The first kappa shape index (κ1) is 14.3. The molecule has 0 aromatic heterocycles. The van der Waals surface area contributed by atoms with Crippen LogP contribution in [0.25, 0.3) is 0 Å². The number of alkyl carbamates (subject to hydrolysis) is 1. The first-order valence-electron chi connectivity index (χ1n) is 6.07. The van der Waals surface area contributed by atoms with Crippen molar-refractivity contribution in [2.75, 3.05) is 6.61 Å². The Kier molecular flexibility index (Phi) is 4.77. The highest BCUT2D eigenvalue weighted by Gasteiger charge is 2.27. The lowest BCUT2D eigenvalue weighted by atomic mass is 10.0. The summed E-state index contributed by atoms with van der Waals surface area (Å²) >= 11 is 0. The number of nitrogens with one attached hydrogen (secondary N) is 1. The number of hydrogen-bond donors (Lipinski definition) is 2. The van der Waals surface area contributed by atoms with Gasteiger partial charge in [-0.15, -0.1) is 0 Å². The van der Waals surface area contributed by atoms with Gasteiger partial charge >= 0.3 is 6.09 Å². The van der Waals surface area contributed by atoms with E-state index in [0.29, 0.717) is 6.61 Å². The molecule has 0 spiro atoms. The average molecular weight is 245 g/mol. The quantitative estimate of drug-likeness (QED) is 0.772. The Morgan fingerprint density at radius 1 is 1.47 bits per heavy atom. The predicted octanol–water partition coefficient (Wildman–Crippen LogP) is 1.44. The van der Waals surface area contributed by atoms with Crippen LogP contribution in [-0.4, -0.2) is 41.7 Å². The van der Waals surface area contributed by atoms with Crippen LogP contribution >= 0.6 is 0 Å². The minimum absolute atomic E-state index is 0.0279. The van der Waals surface area contributed by atoms with E-state index in [-0.39, 0.29) is 12.1 Å². The second-order valence-electron chi connectivity index (χ2n) is 5.53. The predicted molar refractivity (Wildman–Crippen MR) is 63.8 cm³/mol. The molecule has 2 N–H and O–H groups in total. The molecule has 1 fully saturated rings. The van der Waals surface area contributed by atoms with Crippen molar-refractivity contribution in [3.05, 3.63) is 0 Å². The van der Waals surface area contributed by atoms with Gasteiger partial charge in [-0.1, -0.05) is 0 Å². The van der Waals surface area contributed by atoms with Gasteiger partial charge in [0.2, 0.25) is 0 Å².